The van der Waals surface area contributed by atoms with Crippen LogP contribution in [-0.4, -0.2) is 199 Å². The summed E-state index contributed by atoms with van der Waals surface area (Å²) in [6.45, 7) is 23.5. The van der Waals surface area contributed by atoms with Crippen LogP contribution in [0.3, 0.4) is 0 Å². The van der Waals surface area contributed by atoms with Crippen molar-refractivity contribution in [2.24, 2.45) is 53.3 Å². The van der Waals surface area contributed by atoms with Gasteiger partial charge in [0.05, 0.1) is 44.0 Å². The molecule has 4 rings (SSSR count). The highest BCUT2D eigenvalue weighted by molar-refractivity contribution is 5.92. The van der Waals surface area contributed by atoms with E-state index in [1.54, 1.807) is 0 Å². The zero-order chi connectivity index (χ0) is 73.7. The fraction of sp³-hybridized carbons (Fsp3) is 0.767. The minimum absolute atomic E-state index is 0.0234. The molecule has 0 bridgehead atoms. The van der Waals surface area contributed by atoms with Crippen LogP contribution in [0.5, 0.6) is 0 Å². The van der Waals surface area contributed by atoms with E-state index in [-0.39, 0.29) is 187 Å². The fourth-order valence-electron chi connectivity index (χ4n) is 12.2. The lowest BCUT2D eigenvalue weighted by molar-refractivity contribution is -0.255. The van der Waals surface area contributed by atoms with Crippen LogP contribution in [0.25, 0.3) is 0 Å². The van der Waals surface area contributed by atoms with Crippen molar-refractivity contribution in [3.05, 3.63) is 35.9 Å². The van der Waals surface area contributed by atoms with Crippen LogP contribution < -0.4 is 26.6 Å². The number of unbranched alkanes of at least 4 members (excludes halogenated alkanes) is 3. The summed E-state index contributed by atoms with van der Waals surface area (Å²) in [4.78, 5) is 144. The molecule has 7 unspecified atom stereocenters. The Balaban J connectivity index is 1.38. The molecule has 5 amide bonds. The van der Waals surface area contributed by atoms with Crippen molar-refractivity contribution < 1.29 is 100 Å². The Morgan fingerprint density at radius 1 is 0.410 bits per heavy atom. The number of carbonyl (C=O) groups is 11. The van der Waals surface area contributed by atoms with Gasteiger partial charge in [-0.3, -0.25) is 57.6 Å². The van der Waals surface area contributed by atoms with Crippen LogP contribution in [0.2, 0.25) is 0 Å². The number of nitrogens with zero attached hydrogens (tertiary/aromatic N) is 1. The Kier molecular flexibility index (Phi) is 40.3. The zero-order valence-electron chi connectivity index (χ0n) is 61.4. The molecule has 3 saturated heterocycles. The molecule has 5 N–H and O–H groups in total. The Morgan fingerprint density at radius 2 is 0.820 bits per heavy atom. The number of hydrogen-bond acceptors (Lipinski definition) is 22. The van der Waals surface area contributed by atoms with E-state index in [2.05, 4.69) is 88.9 Å². The molecule has 3 heterocycles. The van der Waals surface area contributed by atoms with Crippen LogP contribution in [0.4, 0.5) is 0 Å². The molecule has 100 heavy (non-hydrogen) atoms. The number of rotatable bonds is 47. The second kappa shape index (κ2) is 46.9. The molecule has 0 aromatic heterocycles. The summed E-state index contributed by atoms with van der Waals surface area (Å²) < 4.78 is 58.0. The van der Waals surface area contributed by atoms with Crippen LogP contribution in [-0.2, 0) is 107 Å². The van der Waals surface area contributed by atoms with Crippen molar-refractivity contribution in [2.45, 2.75) is 223 Å². The van der Waals surface area contributed by atoms with Crippen LogP contribution in [0.15, 0.2) is 30.3 Å². The molecule has 27 heteroatoms. The van der Waals surface area contributed by atoms with E-state index in [1.807, 2.05) is 30.3 Å². The molecule has 0 aliphatic carbocycles. The number of esters is 4. The molecule has 3 aliphatic rings. The van der Waals surface area contributed by atoms with Gasteiger partial charge in [-0.05, 0) is 92.4 Å². The highest BCUT2D eigenvalue weighted by Crippen LogP contribution is 2.38. The molecule has 0 saturated carbocycles. The lowest BCUT2D eigenvalue weighted by Crippen LogP contribution is -2.51. The number of benzene rings is 1. The minimum Gasteiger partial charge on any atom is -0.463 e. The first kappa shape index (κ1) is 85.9. The number of ketones is 2. The van der Waals surface area contributed by atoms with Gasteiger partial charge in [0, 0.05) is 123 Å². The highest BCUT2D eigenvalue weighted by atomic mass is 16.7. The number of ether oxygens (including phenoxy) is 10. The topological polar surface area (TPSA) is 343 Å². The lowest BCUT2D eigenvalue weighted by Gasteiger charge is -2.43. The van der Waals surface area contributed by atoms with Crippen LogP contribution in [0, 0.1) is 53.3 Å². The SMILES string of the molecule is CC(=O)OCC1O[C@@H](OCCCCNC(=O)CCC(=O)CN(CC(=O)NCC(=O)NCCCCO[C@@H]2OC(COC(C)=O)[C@H](C)[C@H](C)C2C)C(CCNC(=O)CCCC(=O)OCc2ccccc2)C(=O)CCC(=O)NCCCCO[C@@H]2OC(COC(C)=O)[C@H](C)[C@H](C)C2C)C(C)[C@@H](C)[C@H]1C. The first-order valence-electron chi connectivity index (χ1n) is 36.2. The van der Waals surface area contributed by atoms with E-state index < -0.39 is 91.6 Å². The molecule has 566 valence electrons. The van der Waals surface area contributed by atoms with Crippen molar-refractivity contribution in [3.8, 4) is 0 Å². The van der Waals surface area contributed by atoms with Gasteiger partial charge >= 0.3 is 23.9 Å². The number of carbonyl (C=O) groups excluding carboxylic acids is 11. The predicted octanol–water partition coefficient (Wildman–Crippen LogP) is 6.22. The summed E-state index contributed by atoms with van der Waals surface area (Å²) in [7, 11) is 0. The van der Waals surface area contributed by atoms with E-state index in [4.69, 9.17) is 47.4 Å². The third kappa shape index (κ3) is 32.7. The Labute approximate surface area is 591 Å². The molecular weight excluding hydrogens is 1300 g/mol. The van der Waals surface area contributed by atoms with Gasteiger partial charge in [-0.1, -0.05) is 92.6 Å². The summed E-state index contributed by atoms with van der Waals surface area (Å²) in [5, 5.41) is 13.8. The molecule has 27 nitrogen and oxygen atoms in total. The molecular formula is C73H118N6O21. The Bertz CT molecular complexity index is 2610. The molecule has 3 aliphatic heterocycles. The molecule has 0 spiro atoms. The monoisotopic (exact) mass is 1410 g/mol. The molecule has 3 fully saturated rings. The van der Waals surface area contributed by atoms with E-state index in [9.17, 15) is 52.7 Å². The average Bonchev–Trinajstić information content (AvgIpc) is 0.831. The summed E-state index contributed by atoms with van der Waals surface area (Å²) in [5.74, 6) is -3.70. The summed E-state index contributed by atoms with van der Waals surface area (Å²) >= 11 is 0. The maximum atomic E-state index is 14.5. The van der Waals surface area contributed by atoms with Crippen molar-refractivity contribution in [1.82, 2.24) is 31.5 Å². The summed E-state index contributed by atoms with van der Waals surface area (Å²) in [6.07, 6.45) is -0.0988. The van der Waals surface area contributed by atoms with Gasteiger partial charge in [0.15, 0.2) is 24.7 Å². The number of Topliss-reactive ketones (excluding diaryl/α,β-unsaturated/α-hetero) is 2. The van der Waals surface area contributed by atoms with Gasteiger partial charge in [-0.2, -0.15) is 0 Å². The average molecular weight is 1420 g/mol. The quantitative estimate of drug-likeness (QED) is 0.0275. The fourth-order valence-corrected chi connectivity index (χ4v) is 12.2. The lowest BCUT2D eigenvalue weighted by atomic mass is 9.79. The Hall–Kier alpha value is -6.49. The Morgan fingerprint density at radius 3 is 1.26 bits per heavy atom. The van der Waals surface area contributed by atoms with Gasteiger partial charge in [-0.15, -0.1) is 0 Å². The van der Waals surface area contributed by atoms with Gasteiger partial charge in [0.1, 0.15) is 32.2 Å². The third-order valence-corrected chi connectivity index (χ3v) is 19.8. The first-order chi connectivity index (χ1) is 47.6. The minimum atomic E-state index is -1.22. The largest absolute Gasteiger partial charge is 0.463 e. The second-order valence-corrected chi connectivity index (χ2v) is 27.4. The van der Waals surface area contributed by atoms with Crippen molar-refractivity contribution >= 4 is 65.0 Å². The zero-order valence-corrected chi connectivity index (χ0v) is 61.4. The molecule has 0 radical (unpaired) electrons. The van der Waals surface area contributed by atoms with E-state index in [0.29, 0.717) is 64.9 Å². The molecule has 1 aromatic carbocycles. The number of amides is 5. The van der Waals surface area contributed by atoms with Crippen LogP contribution in [0.1, 0.15) is 179 Å². The van der Waals surface area contributed by atoms with Gasteiger partial charge in [0.25, 0.3) is 0 Å². The molecule has 16 atom stereocenters. The van der Waals surface area contributed by atoms with E-state index in [1.165, 1.54) is 25.7 Å². The first-order valence-corrected chi connectivity index (χ1v) is 36.2. The smallest absolute Gasteiger partial charge is 0.306 e. The van der Waals surface area contributed by atoms with Gasteiger partial charge < -0.3 is 74.0 Å². The second-order valence-electron chi connectivity index (χ2n) is 27.4. The summed E-state index contributed by atoms with van der Waals surface area (Å²) in [6, 6.07) is 7.94. The van der Waals surface area contributed by atoms with Crippen molar-refractivity contribution in [3.63, 3.8) is 0 Å². The van der Waals surface area contributed by atoms with Crippen molar-refractivity contribution in [2.75, 3.05) is 85.5 Å². The number of hydrogen-bond donors (Lipinski definition) is 5. The maximum absolute atomic E-state index is 14.5. The van der Waals surface area contributed by atoms with E-state index >= 15 is 0 Å². The number of nitrogens with one attached hydrogen (secondary N) is 5. The maximum Gasteiger partial charge on any atom is 0.306 e. The third-order valence-electron chi connectivity index (χ3n) is 19.8. The normalized spacial score (nSPS) is 25.3. The van der Waals surface area contributed by atoms with E-state index in [0.717, 1.165) is 5.56 Å². The van der Waals surface area contributed by atoms with Gasteiger partial charge in [0.2, 0.25) is 29.5 Å². The highest BCUT2D eigenvalue weighted by Gasteiger charge is 2.43. The predicted molar refractivity (Wildman–Crippen MR) is 368 cm³/mol. The summed E-state index contributed by atoms with van der Waals surface area (Å²) in [5.41, 5.74) is 0.814. The van der Waals surface area contributed by atoms with Crippen LogP contribution >= 0.6 is 0 Å². The standard InChI is InChI=1S/C73H118N6O21/c1-46-49(4)62(43-94-55(10)80)98-71(52(46)7)91-36-19-16-32-74-66(86)29-27-59(83)40-79(41-69(89)78-39-68(88)76-34-18-21-38-93-73-54(9)48(3)51(6)64(100-73)45-96-57(12)82)60(31-35-77-65(85)25-22-26-70(90)97-42-58-23-14-13-15-24-58)61(84)28-30-67(87)75-33-17-20-37-92-72-53(8)47(2)50(5)63(99-72)44-95-56(11)81/h13-15,23-24,46-54,60,62-64,71-73H,16-22,25-45H2,1-12H3,(H,74,86)(H,75,87)(H,76,88)(H,77,85)(H,78,89)/t46-,47-,48-,49+,50+,51+,52?,53?,54?,60?,62?,63?,64?,71+,72+,73+/m0/s1. The van der Waals surface area contributed by atoms with Crippen molar-refractivity contribution in [1.29, 1.82) is 0 Å². The molecule has 1 aromatic rings. The van der Waals surface area contributed by atoms with Gasteiger partial charge in [-0.25, -0.2) is 0 Å².